The molecule has 1 atom stereocenters. The Hall–Kier alpha value is -0.750. The van der Waals surface area contributed by atoms with E-state index in [0.29, 0.717) is 5.75 Å². The van der Waals surface area contributed by atoms with Crippen LogP contribution < -0.4 is 5.32 Å². The van der Waals surface area contributed by atoms with E-state index in [0.717, 1.165) is 25.5 Å². The number of aliphatic hydroxyl groups is 1. The molecule has 0 spiro atoms. The molecule has 16 heavy (non-hydrogen) atoms. The molecule has 0 saturated heterocycles. The molecule has 0 fully saturated rings. The smallest absolute Gasteiger partial charge is 0.337 e. The van der Waals surface area contributed by atoms with Crippen molar-refractivity contribution in [3.63, 3.8) is 0 Å². The Balaban J connectivity index is 3.69. The standard InChI is InChI=1S/C10H19NO4S/c1-3-4-5-16-6-8(12)11-7-10(2,15)9(13)14/h15H,3-7H2,1-2H3,(H,11,12)(H,13,14). The highest BCUT2D eigenvalue weighted by atomic mass is 32.2. The molecule has 0 rings (SSSR count). The Bertz CT molecular complexity index is 243. The first-order valence-electron chi connectivity index (χ1n) is 5.20. The van der Waals surface area contributed by atoms with E-state index in [9.17, 15) is 14.7 Å². The number of amides is 1. The summed E-state index contributed by atoms with van der Waals surface area (Å²) >= 11 is 1.50. The summed E-state index contributed by atoms with van der Waals surface area (Å²) in [6.07, 6.45) is 2.15. The van der Waals surface area contributed by atoms with E-state index in [4.69, 9.17) is 5.11 Å². The van der Waals surface area contributed by atoms with Gasteiger partial charge >= 0.3 is 5.97 Å². The van der Waals surface area contributed by atoms with Crippen molar-refractivity contribution in [2.45, 2.75) is 32.3 Å². The summed E-state index contributed by atoms with van der Waals surface area (Å²) in [6.45, 7) is 2.96. The number of unbranched alkanes of at least 4 members (excludes halogenated alkanes) is 1. The molecule has 0 aliphatic carbocycles. The van der Waals surface area contributed by atoms with Gasteiger partial charge in [0.25, 0.3) is 0 Å². The van der Waals surface area contributed by atoms with Gasteiger partial charge in [0.15, 0.2) is 5.60 Å². The van der Waals surface area contributed by atoms with Crippen LogP contribution in [0.15, 0.2) is 0 Å². The topological polar surface area (TPSA) is 86.6 Å². The lowest BCUT2D eigenvalue weighted by molar-refractivity contribution is -0.156. The molecule has 0 radical (unpaired) electrons. The average Bonchev–Trinajstić information content (AvgIpc) is 2.21. The Morgan fingerprint density at radius 1 is 1.44 bits per heavy atom. The van der Waals surface area contributed by atoms with E-state index in [1.165, 1.54) is 11.8 Å². The molecule has 94 valence electrons. The second-order valence-electron chi connectivity index (χ2n) is 3.76. The van der Waals surface area contributed by atoms with Crippen LogP contribution in [0.1, 0.15) is 26.7 Å². The van der Waals surface area contributed by atoms with Crippen LogP contribution in [0.3, 0.4) is 0 Å². The predicted molar refractivity (Wildman–Crippen MR) is 63.5 cm³/mol. The van der Waals surface area contributed by atoms with Crippen LogP contribution in [-0.4, -0.2) is 45.7 Å². The number of aliphatic carboxylic acids is 1. The van der Waals surface area contributed by atoms with E-state index in [1.807, 2.05) is 0 Å². The van der Waals surface area contributed by atoms with Crippen LogP contribution in [0.25, 0.3) is 0 Å². The summed E-state index contributed by atoms with van der Waals surface area (Å²) in [6, 6.07) is 0. The Morgan fingerprint density at radius 3 is 2.56 bits per heavy atom. The quantitative estimate of drug-likeness (QED) is 0.544. The summed E-state index contributed by atoms with van der Waals surface area (Å²) in [7, 11) is 0. The van der Waals surface area contributed by atoms with Crippen LogP contribution in [0.4, 0.5) is 0 Å². The second-order valence-corrected chi connectivity index (χ2v) is 4.87. The van der Waals surface area contributed by atoms with Crippen molar-refractivity contribution < 1.29 is 19.8 Å². The fraction of sp³-hybridized carbons (Fsp3) is 0.800. The number of nitrogens with one attached hydrogen (secondary N) is 1. The van der Waals surface area contributed by atoms with Crippen LogP contribution in [0.5, 0.6) is 0 Å². The summed E-state index contributed by atoms with van der Waals surface area (Å²) in [5.74, 6) is -0.372. The molecule has 0 aliphatic rings. The fourth-order valence-corrected chi connectivity index (χ4v) is 1.73. The molecule has 1 unspecified atom stereocenters. The van der Waals surface area contributed by atoms with Crippen molar-refractivity contribution >= 4 is 23.6 Å². The summed E-state index contributed by atoms with van der Waals surface area (Å²) in [5.41, 5.74) is -1.90. The number of hydrogen-bond donors (Lipinski definition) is 3. The Labute approximate surface area is 99.6 Å². The maximum Gasteiger partial charge on any atom is 0.337 e. The van der Waals surface area contributed by atoms with Crippen LogP contribution in [-0.2, 0) is 9.59 Å². The van der Waals surface area contributed by atoms with Gasteiger partial charge in [-0.1, -0.05) is 13.3 Å². The monoisotopic (exact) mass is 249 g/mol. The highest BCUT2D eigenvalue weighted by Crippen LogP contribution is 2.04. The van der Waals surface area contributed by atoms with Crippen molar-refractivity contribution in [2.24, 2.45) is 0 Å². The van der Waals surface area contributed by atoms with Gasteiger partial charge in [0, 0.05) is 0 Å². The largest absolute Gasteiger partial charge is 0.479 e. The number of thioether (sulfide) groups is 1. The van der Waals surface area contributed by atoms with Crippen LogP contribution >= 0.6 is 11.8 Å². The predicted octanol–water partition coefficient (Wildman–Crippen LogP) is 0.471. The molecule has 0 aromatic carbocycles. The first-order chi connectivity index (χ1) is 7.40. The van der Waals surface area contributed by atoms with Crippen molar-refractivity contribution in [3.05, 3.63) is 0 Å². The van der Waals surface area contributed by atoms with E-state index in [-0.39, 0.29) is 12.5 Å². The zero-order valence-electron chi connectivity index (χ0n) is 9.65. The van der Waals surface area contributed by atoms with Gasteiger partial charge in [-0.25, -0.2) is 4.79 Å². The summed E-state index contributed by atoms with van der Waals surface area (Å²) in [5, 5.41) is 20.3. The Kier molecular flexibility index (Phi) is 7.16. The lowest BCUT2D eigenvalue weighted by Gasteiger charge is -2.18. The maximum absolute atomic E-state index is 11.2. The molecule has 0 aromatic rings. The maximum atomic E-state index is 11.2. The number of carbonyl (C=O) groups excluding carboxylic acids is 1. The van der Waals surface area contributed by atoms with Gasteiger partial charge in [-0.3, -0.25) is 4.79 Å². The SMILES string of the molecule is CCCCSCC(=O)NCC(C)(O)C(=O)O. The van der Waals surface area contributed by atoms with Gasteiger partial charge in [0.2, 0.25) is 5.91 Å². The average molecular weight is 249 g/mol. The molecule has 0 bridgehead atoms. The van der Waals surface area contributed by atoms with Crippen LogP contribution in [0.2, 0.25) is 0 Å². The van der Waals surface area contributed by atoms with Gasteiger partial charge in [-0.15, -0.1) is 0 Å². The van der Waals surface area contributed by atoms with Crippen molar-refractivity contribution in [1.82, 2.24) is 5.32 Å². The molecule has 0 heterocycles. The molecular formula is C10H19NO4S. The molecule has 1 amide bonds. The van der Waals surface area contributed by atoms with E-state index in [2.05, 4.69) is 12.2 Å². The molecule has 5 nitrogen and oxygen atoms in total. The molecule has 3 N–H and O–H groups in total. The van der Waals surface area contributed by atoms with Crippen LogP contribution in [0, 0.1) is 0 Å². The van der Waals surface area contributed by atoms with Gasteiger partial charge in [-0.2, -0.15) is 11.8 Å². The highest BCUT2D eigenvalue weighted by molar-refractivity contribution is 7.99. The number of carboxylic acids is 1. The van der Waals surface area contributed by atoms with Crippen molar-refractivity contribution in [2.75, 3.05) is 18.1 Å². The first-order valence-corrected chi connectivity index (χ1v) is 6.36. The van der Waals surface area contributed by atoms with Gasteiger partial charge in [0.1, 0.15) is 0 Å². The van der Waals surface area contributed by atoms with E-state index in [1.54, 1.807) is 0 Å². The van der Waals surface area contributed by atoms with Gasteiger partial charge in [0.05, 0.1) is 12.3 Å². The number of rotatable bonds is 8. The molecular weight excluding hydrogens is 230 g/mol. The third kappa shape index (κ3) is 6.68. The lowest BCUT2D eigenvalue weighted by Crippen LogP contribution is -2.46. The summed E-state index contributed by atoms with van der Waals surface area (Å²) in [4.78, 5) is 21.8. The van der Waals surface area contributed by atoms with E-state index >= 15 is 0 Å². The van der Waals surface area contributed by atoms with Gasteiger partial charge < -0.3 is 15.5 Å². The molecule has 0 saturated carbocycles. The number of carboxylic acid groups (broad SMARTS) is 1. The minimum atomic E-state index is -1.90. The minimum absolute atomic E-state index is 0.248. The van der Waals surface area contributed by atoms with E-state index < -0.39 is 11.6 Å². The third-order valence-corrected chi connectivity index (χ3v) is 3.01. The van der Waals surface area contributed by atoms with Crippen molar-refractivity contribution in [1.29, 1.82) is 0 Å². The lowest BCUT2D eigenvalue weighted by atomic mass is 10.1. The zero-order valence-corrected chi connectivity index (χ0v) is 10.5. The molecule has 0 aliphatic heterocycles. The Morgan fingerprint density at radius 2 is 2.06 bits per heavy atom. The minimum Gasteiger partial charge on any atom is -0.479 e. The van der Waals surface area contributed by atoms with Gasteiger partial charge in [-0.05, 0) is 19.1 Å². The normalized spacial score (nSPS) is 14.2. The second kappa shape index (κ2) is 7.51. The summed E-state index contributed by atoms with van der Waals surface area (Å²) < 4.78 is 0. The molecule has 0 aromatic heterocycles. The zero-order chi connectivity index (χ0) is 12.6. The number of hydrogen-bond acceptors (Lipinski definition) is 4. The highest BCUT2D eigenvalue weighted by Gasteiger charge is 2.30. The first kappa shape index (κ1) is 15.2. The van der Waals surface area contributed by atoms with Crippen molar-refractivity contribution in [3.8, 4) is 0 Å². The fourth-order valence-electron chi connectivity index (χ4n) is 0.809. The number of carbonyl (C=O) groups is 2. The third-order valence-electron chi connectivity index (χ3n) is 1.97. The molecule has 6 heteroatoms.